The van der Waals surface area contributed by atoms with Crippen LogP contribution in [0.3, 0.4) is 0 Å². The zero-order valence-corrected chi connectivity index (χ0v) is 12.0. The number of halogens is 1. The van der Waals surface area contributed by atoms with Gasteiger partial charge in [-0.1, -0.05) is 27.9 Å². The van der Waals surface area contributed by atoms with Crippen LogP contribution in [0.15, 0.2) is 16.6 Å². The highest BCUT2D eigenvalue weighted by Gasteiger charge is 2.10. The minimum atomic E-state index is 0.506. The molecule has 0 fully saturated rings. The SMILES string of the molecule is Nc1nc(SCc2nnsc2Cl)nc2sccc12. The quantitative estimate of drug-likeness (QED) is 0.591. The summed E-state index contributed by atoms with van der Waals surface area (Å²) in [7, 11) is 0. The molecule has 3 aromatic heterocycles. The minimum Gasteiger partial charge on any atom is -0.383 e. The lowest BCUT2D eigenvalue weighted by Crippen LogP contribution is -1.95. The standard InChI is InChI=1S/C9H6ClN5S3/c10-6-5(14-15-18-6)3-17-9-12-7(11)4-1-2-16-8(4)13-9/h1-2H,3H2,(H2,11,12,13). The number of aromatic nitrogens is 4. The van der Waals surface area contributed by atoms with Crippen LogP contribution in [0.4, 0.5) is 5.82 Å². The van der Waals surface area contributed by atoms with Crippen molar-refractivity contribution in [1.29, 1.82) is 0 Å². The molecule has 0 unspecified atom stereocenters. The summed E-state index contributed by atoms with van der Waals surface area (Å²) in [5, 5.41) is 7.42. The minimum absolute atomic E-state index is 0.506. The van der Waals surface area contributed by atoms with Gasteiger partial charge in [-0.2, -0.15) is 0 Å². The molecule has 0 aliphatic carbocycles. The van der Waals surface area contributed by atoms with E-state index >= 15 is 0 Å². The Labute approximate surface area is 120 Å². The summed E-state index contributed by atoms with van der Waals surface area (Å²) in [6, 6.07) is 1.92. The number of thioether (sulfide) groups is 1. The fourth-order valence-electron chi connectivity index (χ4n) is 1.34. The fourth-order valence-corrected chi connectivity index (χ4v) is 3.75. The highest BCUT2D eigenvalue weighted by molar-refractivity contribution is 7.98. The van der Waals surface area contributed by atoms with Crippen molar-refractivity contribution in [2.45, 2.75) is 10.9 Å². The van der Waals surface area contributed by atoms with E-state index in [-0.39, 0.29) is 0 Å². The molecule has 0 amide bonds. The molecule has 92 valence electrons. The predicted octanol–water partition coefficient (Wildman–Crippen LogP) is 3.07. The van der Waals surface area contributed by atoms with E-state index in [0.29, 0.717) is 21.1 Å². The van der Waals surface area contributed by atoms with Gasteiger partial charge in [0.15, 0.2) is 5.16 Å². The maximum Gasteiger partial charge on any atom is 0.191 e. The summed E-state index contributed by atoms with van der Waals surface area (Å²) in [6.07, 6.45) is 0. The summed E-state index contributed by atoms with van der Waals surface area (Å²) >= 11 is 10.1. The molecule has 0 aromatic carbocycles. The lowest BCUT2D eigenvalue weighted by atomic mass is 10.4. The second-order valence-corrected chi connectivity index (χ2v) is 6.51. The van der Waals surface area contributed by atoms with Gasteiger partial charge >= 0.3 is 0 Å². The van der Waals surface area contributed by atoms with Crippen LogP contribution in [0.1, 0.15) is 5.69 Å². The molecule has 0 atom stereocenters. The molecule has 0 aliphatic heterocycles. The fraction of sp³-hybridized carbons (Fsp3) is 0.111. The van der Waals surface area contributed by atoms with Crippen LogP contribution in [0.2, 0.25) is 4.34 Å². The summed E-state index contributed by atoms with van der Waals surface area (Å²) in [5.41, 5.74) is 6.62. The number of nitrogen functional groups attached to an aromatic ring is 1. The van der Waals surface area contributed by atoms with Crippen molar-refractivity contribution >= 4 is 62.3 Å². The normalized spacial score (nSPS) is 11.2. The average molecular weight is 316 g/mol. The van der Waals surface area contributed by atoms with Crippen molar-refractivity contribution in [3.8, 4) is 0 Å². The zero-order valence-electron chi connectivity index (χ0n) is 8.83. The lowest BCUT2D eigenvalue weighted by molar-refractivity contribution is 1.01. The van der Waals surface area contributed by atoms with Crippen molar-refractivity contribution in [1.82, 2.24) is 19.6 Å². The molecule has 0 aliphatic rings. The van der Waals surface area contributed by atoms with Gasteiger partial charge in [0.1, 0.15) is 20.7 Å². The maximum absolute atomic E-state index is 5.93. The van der Waals surface area contributed by atoms with Crippen LogP contribution < -0.4 is 5.73 Å². The Morgan fingerprint density at radius 2 is 2.28 bits per heavy atom. The summed E-state index contributed by atoms with van der Waals surface area (Å²) in [6.45, 7) is 0. The third kappa shape index (κ3) is 2.28. The highest BCUT2D eigenvalue weighted by Crippen LogP contribution is 2.29. The van der Waals surface area contributed by atoms with Crippen LogP contribution >= 0.6 is 46.2 Å². The molecule has 0 spiro atoms. The van der Waals surface area contributed by atoms with Crippen LogP contribution in [0, 0.1) is 0 Å². The number of nitrogens with two attached hydrogens (primary N) is 1. The molecule has 3 rings (SSSR count). The molecule has 2 N–H and O–H groups in total. The highest BCUT2D eigenvalue weighted by atomic mass is 35.5. The molecule has 3 heterocycles. The second-order valence-electron chi connectivity index (χ2n) is 3.31. The van der Waals surface area contributed by atoms with Gasteiger partial charge in [0, 0.05) is 17.3 Å². The second kappa shape index (κ2) is 4.96. The first kappa shape index (κ1) is 12.1. The van der Waals surface area contributed by atoms with E-state index in [9.17, 15) is 0 Å². The molecule has 5 nitrogen and oxygen atoms in total. The third-order valence-electron chi connectivity index (χ3n) is 2.18. The van der Waals surface area contributed by atoms with Gasteiger partial charge in [-0.25, -0.2) is 9.97 Å². The van der Waals surface area contributed by atoms with Crippen molar-refractivity contribution in [2.75, 3.05) is 5.73 Å². The van der Waals surface area contributed by atoms with Gasteiger partial charge in [0.25, 0.3) is 0 Å². The van der Waals surface area contributed by atoms with E-state index in [1.54, 1.807) is 11.3 Å². The van der Waals surface area contributed by atoms with Crippen LogP contribution in [0.25, 0.3) is 10.2 Å². The Morgan fingerprint density at radius 3 is 3.06 bits per heavy atom. The molecule has 0 saturated heterocycles. The Balaban J connectivity index is 1.84. The third-order valence-corrected chi connectivity index (χ3v) is 4.83. The van der Waals surface area contributed by atoms with E-state index in [2.05, 4.69) is 19.6 Å². The first-order chi connectivity index (χ1) is 8.74. The molecule has 0 saturated carbocycles. The summed E-state index contributed by atoms with van der Waals surface area (Å²) in [5.74, 6) is 1.09. The zero-order chi connectivity index (χ0) is 12.5. The molecular weight excluding hydrogens is 310 g/mol. The largest absolute Gasteiger partial charge is 0.383 e. The van der Waals surface area contributed by atoms with Crippen LogP contribution in [-0.2, 0) is 5.75 Å². The summed E-state index contributed by atoms with van der Waals surface area (Å²) < 4.78 is 4.38. The Morgan fingerprint density at radius 1 is 1.39 bits per heavy atom. The van der Waals surface area contributed by atoms with Gasteiger partial charge in [-0.05, 0) is 11.4 Å². The van der Waals surface area contributed by atoms with Gasteiger partial charge in [0.2, 0.25) is 0 Å². The molecule has 0 radical (unpaired) electrons. The Kier molecular flexibility index (Phi) is 3.33. The predicted molar refractivity (Wildman–Crippen MR) is 76.3 cm³/mol. The number of hydrogen-bond donors (Lipinski definition) is 1. The number of rotatable bonds is 3. The van der Waals surface area contributed by atoms with Crippen LogP contribution in [0.5, 0.6) is 0 Å². The van der Waals surface area contributed by atoms with E-state index in [1.165, 1.54) is 23.3 Å². The first-order valence-corrected chi connectivity index (χ1v) is 7.86. The lowest BCUT2D eigenvalue weighted by Gasteiger charge is -2.00. The molecule has 9 heteroatoms. The van der Waals surface area contributed by atoms with E-state index in [0.717, 1.165) is 15.9 Å². The average Bonchev–Trinajstić information content (AvgIpc) is 2.95. The molecule has 3 aromatic rings. The topological polar surface area (TPSA) is 77.6 Å². The van der Waals surface area contributed by atoms with Crippen molar-refractivity contribution in [2.24, 2.45) is 0 Å². The Bertz CT molecular complexity index is 694. The molecule has 0 bridgehead atoms. The Hall–Kier alpha value is -0.960. The number of hydrogen-bond acceptors (Lipinski definition) is 8. The smallest absolute Gasteiger partial charge is 0.191 e. The van der Waals surface area contributed by atoms with Gasteiger partial charge in [0.05, 0.1) is 5.39 Å². The number of thiophene rings is 1. The number of anilines is 1. The number of fused-ring (bicyclic) bond motifs is 1. The molecule has 18 heavy (non-hydrogen) atoms. The summed E-state index contributed by atoms with van der Waals surface area (Å²) in [4.78, 5) is 9.57. The monoisotopic (exact) mass is 315 g/mol. The van der Waals surface area contributed by atoms with Crippen molar-refractivity contribution in [3.05, 3.63) is 21.5 Å². The van der Waals surface area contributed by atoms with E-state index in [1.807, 2.05) is 11.4 Å². The van der Waals surface area contributed by atoms with Gasteiger partial charge in [-0.15, -0.1) is 16.4 Å². The molecular formula is C9H6ClN5S3. The van der Waals surface area contributed by atoms with Gasteiger partial charge in [-0.3, -0.25) is 0 Å². The van der Waals surface area contributed by atoms with Gasteiger partial charge < -0.3 is 5.73 Å². The first-order valence-electron chi connectivity index (χ1n) is 4.84. The van der Waals surface area contributed by atoms with E-state index < -0.39 is 0 Å². The van der Waals surface area contributed by atoms with Crippen LogP contribution in [-0.4, -0.2) is 19.6 Å². The van der Waals surface area contributed by atoms with Crippen molar-refractivity contribution < 1.29 is 0 Å². The van der Waals surface area contributed by atoms with Crippen molar-refractivity contribution in [3.63, 3.8) is 0 Å². The maximum atomic E-state index is 5.93. The number of nitrogens with zero attached hydrogens (tertiary/aromatic N) is 4. The van der Waals surface area contributed by atoms with E-state index in [4.69, 9.17) is 17.3 Å².